The molecule has 1 aliphatic heterocycles. The van der Waals surface area contributed by atoms with Crippen LogP contribution in [0.3, 0.4) is 0 Å². The van der Waals surface area contributed by atoms with Crippen molar-refractivity contribution in [3.8, 4) is 0 Å². The van der Waals surface area contributed by atoms with Crippen molar-refractivity contribution in [3.05, 3.63) is 65.2 Å². The molecular formula is C18H18N2O2. The Balaban J connectivity index is 1.65. The highest BCUT2D eigenvalue weighted by Crippen LogP contribution is 2.19. The third kappa shape index (κ3) is 3.17. The van der Waals surface area contributed by atoms with Crippen molar-refractivity contribution in [2.75, 3.05) is 5.32 Å². The van der Waals surface area contributed by atoms with Crippen LogP contribution >= 0.6 is 0 Å². The van der Waals surface area contributed by atoms with Crippen molar-refractivity contribution in [2.24, 2.45) is 5.16 Å². The number of anilines is 1. The number of carbonyl (C=O) groups is 1. The maximum absolute atomic E-state index is 12.3. The van der Waals surface area contributed by atoms with Crippen molar-refractivity contribution < 1.29 is 9.63 Å². The molecule has 3 rings (SSSR count). The van der Waals surface area contributed by atoms with E-state index in [2.05, 4.69) is 16.5 Å². The first-order valence-corrected chi connectivity index (χ1v) is 7.29. The number of nitrogens with zero attached hydrogens (tertiary/aromatic N) is 1. The summed E-state index contributed by atoms with van der Waals surface area (Å²) >= 11 is 0. The third-order valence-electron chi connectivity index (χ3n) is 3.56. The van der Waals surface area contributed by atoms with Crippen LogP contribution < -0.4 is 5.32 Å². The van der Waals surface area contributed by atoms with Crippen LogP contribution in [-0.4, -0.2) is 17.7 Å². The van der Waals surface area contributed by atoms with Crippen LogP contribution in [-0.2, 0) is 9.63 Å². The SMILES string of the molecule is Cc1cc(C)cc(NC(=O)[C@H]2CC(c3ccccc3)=NO2)c1. The standard InChI is InChI=1S/C18H18N2O2/c1-12-8-13(2)10-15(9-12)19-18(21)17-11-16(20-22-17)14-6-4-3-5-7-14/h3-10,17H,11H2,1-2H3,(H,19,21)/t17-/m1/s1. The van der Waals surface area contributed by atoms with Gasteiger partial charge in [0.15, 0.2) is 0 Å². The van der Waals surface area contributed by atoms with E-state index < -0.39 is 6.10 Å². The number of nitrogens with one attached hydrogen (secondary N) is 1. The van der Waals surface area contributed by atoms with Crippen LogP contribution in [0.25, 0.3) is 0 Å². The Labute approximate surface area is 129 Å². The number of oxime groups is 1. The summed E-state index contributed by atoms with van der Waals surface area (Å²) in [7, 11) is 0. The summed E-state index contributed by atoms with van der Waals surface area (Å²) in [6.45, 7) is 4.01. The molecule has 112 valence electrons. The molecule has 1 atom stereocenters. The molecule has 4 heteroatoms. The molecule has 0 spiro atoms. The fourth-order valence-corrected chi connectivity index (χ4v) is 2.59. The van der Waals surface area contributed by atoms with Gasteiger partial charge in [0.05, 0.1) is 5.71 Å². The molecule has 22 heavy (non-hydrogen) atoms. The summed E-state index contributed by atoms with van der Waals surface area (Å²) in [4.78, 5) is 17.6. The molecule has 1 heterocycles. The smallest absolute Gasteiger partial charge is 0.268 e. The second-order valence-electron chi connectivity index (χ2n) is 5.57. The number of aryl methyl sites for hydroxylation is 2. The lowest BCUT2D eigenvalue weighted by Crippen LogP contribution is -2.28. The fourth-order valence-electron chi connectivity index (χ4n) is 2.59. The number of benzene rings is 2. The molecule has 0 radical (unpaired) electrons. The maximum atomic E-state index is 12.3. The minimum Gasteiger partial charge on any atom is -0.382 e. The van der Waals surface area contributed by atoms with E-state index in [0.717, 1.165) is 28.1 Å². The summed E-state index contributed by atoms with van der Waals surface area (Å²) in [6.07, 6.45) is -0.0864. The van der Waals surface area contributed by atoms with Crippen LogP contribution in [0.1, 0.15) is 23.1 Å². The Bertz CT molecular complexity index is 703. The number of amides is 1. The summed E-state index contributed by atoms with van der Waals surface area (Å²) in [6, 6.07) is 15.7. The molecule has 0 bridgehead atoms. The van der Waals surface area contributed by atoms with Crippen LogP contribution in [0.2, 0.25) is 0 Å². The van der Waals surface area contributed by atoms with Gasteiger partial charge in [0.25, 0.3) is 5.91 Å². The van der Waals surface area contributed by atoms with E-state index in [1.807, 2.05) is 56.3 Å². The number of carbonyl (C=O) groups excluding carboxylic acids is 1. The van der Waals surface area contributed by atoms with E-state index in [1.54, 1.807) is 0 Å². The molecule has 1 aliphatic rings. The Morgan fingerprint density at radius 3 is 2.50 bits per heavy atom. The predicted molar refractivity (Wildman–Crippen MR) is 87.0 cm³/mol. The van der Waals surface area contributed by atoms with Gasteiger partial charge >= 0.3 is 0 Å². The zero-order chi connectivity index (χ0) is 15.5. The first kappa shape index (κ1) is 14.3. The van der Waals surface area contributed by atoms with Crippen LogP contribution in [0.4, 0.5) is 5.69 Å². The van der Waals surface area contributed by atoms with Gasteiger partial charge < -0.3 is 10.2 Å². The van der Waals surface area contributed by atoms with Crippen LogP contribution in [0.15, 0.2) is 53.7 Å². The molecule has 0 unspecified atom stereocenters. The predicted octanol–water partition coefficient (Wildman–Crippen LogP) is 3.44. The number of hydrogen-bond acceptors (Lipinski definition) is 3. The molecular weight excluding hydrogens is 276 g/mol. The summed E-state index contributed by atoms with van der Waals surface area (Å²) in [5, 5.41) is 6.94. The van der Waals surface area contributed by atoms with Gasteiger partial charge in [-0.1, -0.05) is 41.6 Å². The average Bonchev–Trinajstić information content (AvgIpc) is 2.97. The van der Waals surface area contributed by atoms with Gasteiger partial charge in [-0.25, -0.2) is 0 Å². The highest BCUT2D eigenvalue weighted by Gasteiger charge is 2.28. The number of hydrogen-bond donors (Lipinski definition) is 1. The first-order chi connectivity index (χ1) is 10.6. The summed E-state index contributed by atoms with van der Waals surface area (Å²) in [5.41, 5.74) is 4.82. The van der Waals surface area contributed by atoms with Gasteiger partial charge in [-0.15, -0.1) is 0 Å². The molecule has 0 saturated carbocycles. The summed E-state index contributed by atoms with van der Waals surface area (Å²) in [5.74, 6) is -0.167. The minimum absolute atomic E-state index is 0.167. The van der Waals surface area contributed by atoms with Gasteiger partial charge in [0, 0.05) is 12.1 Å². The first-order valence-electron chi connectivity index (χ1n) is 7.29. The maximum Gasteiger partial charge on any atom is 0.268 e. The van der Waals surface area contributed by atoms with Gasteiger partial charge in [-0.3, -0.25) is 4.79 Å². The van der Waals surface area contributed by atoms with Crippen molar-refractivity contribution in [1.82, 2.24) is 0 Å². The lowest BCUT2D eigenvalue weighted by molar-refractivity contribution is -0.125. The van der Waals surface area contributed by atoms with Gasteiger partial charge in [-0.2, -0.15) is 0 Å². The van der Waals surface area contributed by atoms with Gasteiger partial charge in [0.2, 0.25) is 6.10 Å². The Kier molecular flexibility index (Phi) is 3.92. The lowest BCUT2D eigenvalue weighted by atomic mass is 10.0. The van der Waals surface area contributed by atoms with Gasteiger partial charge in [-0.05, 0) is 42.7 Å². The molecule has 0 fully saturated rings. The lowest BCUT2D eigenvalue weighted by Gasteiger charge is -2.11. The Morgan fingerprint density at radius 1 is 1.14 bits per heavy atom. The molecule has 0 saturated heterocycles. The fraction of sp³-hybridized carbons (Fsp3) is 0.222. The molecule has 2 aromatic carbocycles. The third-order valence-corrected chi connectivity index (χ3v) is 3.56. The normalized spacial score (nSPS) is 16.8. The monoisotopic (exact) mass is 294 g/mol. The second-order valence-corrected chi connectivity index (χ2v) is 5.57. The van der Waals surface area contributed by atoms with E-state index in [4.69, 9.17) is 4.84 Å². The molecule has 1 N–H and O–H groups in total. The quantitative estimate of drug-likeness (QED) is 0.942. The number of rotatable bonds is 3. The summed E-state index contributed by atoms with van der Waals surface area (Å²) < 4.78 is 0. The molecule has 1 amide bonds. The van der Waals surface area contributed by atoms with Crippen molar-refractivity contribution in [2.45, 2.75) is 26.4 Å². The topological polar surface area (TPSA) is 50.7 Å². The average molecular weight is 294 g/mol. The second kappa shape index (κ2) is 6.02. The van der Waals surface area contributed by atoms with Crippen LogP contribution in [0, 0.1) is 13.8 Å². The molecule has 0 aromatic heterocycles. The molecule has 4 nitrogen and oxygen atoms in total. The van der Waals surface area contributed by atoms with Crippen LogP contribution in [0.5, 0.6) is 0 Å². The highest BCUT2D eigenvalue weighted by molar-refractivity contribution is 6.06. The van der Waals surface area contributed by atoms with E-state index >= 15 is 0 Å². The highest BCUT2D eigenvalue weighted by atomic mass is 16.6. The zero-order valence-corrected chi connectivity index (χ0v) is 12.7. The molecule has 0 aliphatic carbocycles. The van der Waals surface area contributed by atoms with E-state index in [9.17, 15) is 4.79 Å². The van der Waals surface area contributed by atoms with Gasteiger partial charge in [0.1, 0.15) is 0 Å². The van der Waals surface area contributed by atoms with Crippen molar-refractivity contribution >= 4 is 17.3 Å². The largest absolute Gasteiger partial charge is 0.382 e. The zero-order valence-electron chi connectivity index (χ0n) is 12.7. The Hall–Kier alpha value is -2.62. The van der Waals surface area contributed by atoms with Crippen molar-refractivity contribution in [3.63, 3.8) is 0 Å². The minimum atomic E-state index is -0.573. The molecule has 2 aromatic rings. The van der Waals surface area contributed by atoms with E-state index in [-0.39, 0.29) is 5.91 Å². The Morgan fingerprint density at radius 2 is 1.82 bits per heavy atom. The van der Waals surface area contributed by atoms with E-state index in [1.165, 1.54) is 0 Å². The van der Waals surface area contributed by atoms with E-state index in [0.29, 0.717) is 6.42 Å². The van der Waals surface area contributed by atoms with Crippen molar-refractivity contribution in [1.29, 1.82) is 0 Å².